The molecule has 160 valence electrons. The quantitative estimate of drug-likeness (QED) is 0.515. The Labute approximate surface area is 178 Å². The lowest BCUT2D eigenvalue weighted by atomic mass is 10.1. The van der Waals surface area contributed by atoms with Gasteiger partial charge in [-0.3, -0.25) is 4.79 Å². The van der Waals surface area contributed by atoms with E-state index in [0.717, 1.165) is 0 Å². The van der Waals surface area contributed by atoms with E-state index in [2.05, 4.69) is 10.0 Å². The van der Waals surface area contributed by atoms with E-state index >= 15 is 0 Å². The number of anilines is 1. The van der Waals surface area contributed by atoms with Gasteiger partial charge in [0.25, 0.3) is 5.91 Å². The molecule has 3 aromatic carbocycles. The van der Waals surface area contributed by atoms with Crippen LogP contribution in [0.1, 0.15) is 39.2 Å². The minimum Gasteiger partial charge on any atom is -0.478 e. The maximum atomic E-state index is 13.0. The number of aromatic carboxylic acids is 1. The molecule has 0 saturated carbocycles. The second kappa shape index (κ2) is 9.07. The van der Waals surface area contributed by atoms with Crippen molar-refractivity contribution >= 4 is 27.6 Å². The van der Waals surface area contributed by atoms with Gasteiger partial charge in [0.05, 0.1) is 10.5 Å². The highest BCUT2D eigenvalue weighted by molar-refractivity contribution is 7.89. The van der Waals surface area contributed by atoms with E-state index in [-0.39, 0.29) is 10.5 Å². The first kappa shape index (κ1) is 22.1. The van der Waals surface area contributed by atoms with Crippen LogP contribution in [-0.4, -0.2) is 25.4 Å². The van der Waals surface area contributed by atoms with Gasteiger partial charge in [0.15, 0.2) is 0 Å². The van der Waals surface area contributed by atoms with Crippen LogP contribution in [0.2, 0.25) is 0 Å². The predicted molar refractivity (Wildman–Crippen MR) is 113 cm³/mol. The van der Waals surface area contributed by atoms with Crippen molar-refractivity contribution in [2.24, 2.45) is 0 Å². The van der Waals surface area contributed by atoms with Gasteiger partial charge in [-0.2, -0.15) is 0 Å². The summed E-state index contributed by atoms with van der Waals surface area (Å²) < 4.78 is 40.6. The Morgan fingerprint density at radius 1 is 0.871 bits per heavy atom. The van der Waals surface area contributed by atoms with Gasteiger partial charge < -0.3 is 10.4 Å². The minimum absolute atomic E-state index is 0.00901. The van der Waals surface area contributed by atoms with Gasteiger partial charge in [0, 0.05) is 17.3 Å². The average molecular weight is 442 g/mol. The van der Waals surface area contributed by atoms with E-state index in [1.54, 1.807) is 31.2 Å². The first-order valence-corrected chi connectivity index (χ1v) is 10.7. The fourth-order valence-electron chi connectivity index (χ4n) is 2.81. The number of benzene rings is 3. The molecule has 9 heteroatoms. The minimum atomic E-state index is -3.86. The molecule has 3 rings (SSSR count). The smallest absolute Gasteiger partial charge is 0.335 e. The van der Waals surface area contributed by atoms with Gasteiger partial charge >= 0.3 is 5.97 Å². The zero-order valence-electron chi connectivity index (χ0n) is 16.4. The fraction of sp³-hybridized carbons (Fsp3) is 0.0909. The highest BCUT2D eigenvalue weighted by atomic mass is 32.2. The van der Waals surface area contributed by atoms with Crippen LogP contribution in [0.5, 0.6) is 0 Å². The number of amides is 1. The van der Waals surface area contributed by atoms with Gasteiger partial charge in [0.1, 0.15) is 5.82 Å². The molecule has 0 fully saturated rings. The molecule has 1 atom stereocenters. The van der Waals surface area contributed by atoms with Gasteiger partial charge in [-0.15, -0.1) is 0 Å². The molecule has 1 unspecified atom stereocenters. The third-order valence-corrected chi connectivity index (χ3v) is 6.08. The first-order valence-electron chi connectivity index (χ1n) is 9.18. The van der Waals surface area contributed by atoms with E-state index in [1.807, 2.05) is 0 Å². The Bertz CT molecular complexity index is 1190. The lowest BCUT2D eigenvalue weighted by Crippen LogP contribution is -2.27. The topological polar surface area (TPSA) is 113 Å². The number of hydrogen-bond donors (Lipinski definition) is 3. The number of halogens is 1. The SMILES string of the molecule is CC(NS(=O)(=O)c1ccc(C(=O)O)cc1)c1ccc(NC(=O)c2ccc(F)cc2)cc1. The molecule has 0 aromatic heterocycles. The number of carboxylic acid groups (broad SMARTS) is 1. The lowest BCUT2D eigenvalue weighted by Gasteiger charge is -2.15. The van der Waals surface area contributed by atoms with E-state index in [9.17, 15) is 22.4 Å². The average Bonchev–Trinajstić information content (AvgIpc) is 2.74. The maximum Gasteiger partial charge on any atom is 0.335 e. The van der Waals surface area contributed by atoms with E-state index in [0.29, 0.717) is 16.8 Å². The number of sulfonamides is 1. The number of hydrogen-bond acceptors (Lipinski definition) is 4. The molecule has 0 aliphatic heterocycles. The number of carbonyl (C=O) groups is 2. The van der Waals surface area contributed by atoms with Gasteiger partial charge in [-0.05, 0) is 73.2 Å². The molecule has 0 heterocycles. The van der Waals surface area contributed by atoms with Crippen LogP contribution in [0, 0.1) is 5.82 Å². The number of nitrogens with one attached hydrogen (secondary N) is 2. The highest BCUT2D eigenvalue weighted by Gasteiger charge is 2.19. The summed E-state index contributed by atoms with van der Waals surface area (Å²) in [5.41, 5.74) is 1.45. The lowest BCUT2D eigenvalue weighted by molar-refractivity contribution is 0.0696. The summed E-state index contributed by atoms with van der Waals surface area (Å²) in [5, 5.41) is 11.6. The molecule has 3 aromatic rings. The second-order valence-electron chi connectivity index (χ2n) is 6.76. The van der Waals surface area contributed by atoms with Crippen molar-refractivity contribution in [2.75, 3.05) is 5.32 Å². The molecule has 7 nitrogen and oxygen atoms in total. The molecule has 0 aliphatic carbocycles. The Kier molecular flexibility index (Phi) is 6.47. The van der Waals surface area contributed by atoms with Crippen LogP contribution in [0.25, 0.3) is 0 Å². The van der Waals surface area contributed by atoms with Crippen molar-refractivity contribution < 1.29 is 27.5 Å². The van der Waals surface area contributed by atoms with Crippen LogP contribution in [0.4, 0.5) is 10.1 Å². The third-order valence-electron chi connectivity index (χ3n) is 4.52. The molecule has 0 spiro atoms. The molecule has 1 amide bonds. The van der Waals surface area contributed by atoms with E-state index in [4.69, 9.17) is 5.11 Å². The Hall–Kier alpha value is -3.56. The normalized spacial score (nSPS) is 12.2. The standard InChI is InChI=1S/C22H19FN2O5S/c1-14(25-31(29,30)20-12-6-17(7-13-20)22(27)28)15-4-10-19(11-5-15)24-21(26)16-2-8-18(23)9-3-16/h2-14,25H,1H3,(H,24,26)(H,27,28). The molecule has 31 heavy (non-hydrogen) atoms. The van der Waals surface area contributed by atoms with Crippen LogP contribution < -0.4 is 10.0 Å². The van der Waals surface area contributed by atoms with Crippen LogP contribution in [-0.2, 0) is 10.0 Å². The molecule has 3 N–H and O–H groups in total. The summed E-state index contributed by atoms with van der Waals surface area (Å²) in [5.74, 6) is -1.97. The first-order chi connectivity index (χ1) is 14.7. The van der Waals surface area contributed by atoms with Crippen molar-refractivity contribution in [3.05, 3.63) is 95.3 Å². The summed E-state index contributed by atoms with van der Waals surface area (Å²) in [6, 6.07) is 16.1. The number of carboxylic acids is 1. The summed E-state index contributed by atoms with van der Waals surface area (Å²) in [6.07, 6.45) is 0. The van der Waals surface area contributed by atoms with Crippen molar-refractivity contribution in [1.82, 2.24) is 4.72 Å². The van der Waals surface area contributed by atoms with Gasteiger partial charge in [0.2, 0.25) is 10.0 Å². The summed E-state index contributed by atoms with van der Waals surface area (Å²) >= 11 is 0. The largest absolute Gasteiger partial charge is 0.478 e. The van der Waals surface area contributed by atoms with Crippen molar-refractivity contribution in [3.8, 4) is 0 Å². The highest BCUT2D eigenvalue weighted by Crippen LogP contribution is 2.20. The summed E-state index contributed by atoms with van der Waals surface area (Å²) in [4.78, 5) is 23.1. The predicted octanol–water partition coefficient (Wildman–Crippen LogP) is 3.82. The van der Waals surface area contributed by atoms with Gasteiger partial charge in [-0.25, -0.2) is 22.3 Å². The zero-order chi connectivity index (χ0) is 22.6. The Morgan fingerprint density at radius 2 is 1.42 bits per heavy atom. The van der Waals surface area contributed by atoms with Crippen molar-refractivity contribution in [1.29, 1.82) is 0 Å². The molecule has 0 radical (unpaired) electrons. The monoisotopic (exact) mass is 442 g/mol. The maximum absolute atomic E-state index is 13.0. The van der Waals surface area contributed by atoms with E-state index < -0.39 is 33.8 Å². The van der Waals surface area contributed by atoms with Crippen molar-refractivity contribution in [3.63, 3.8) is 0 Å². The Morgan fingerprint density at radius 3 is 1.97 bits per heavy atom. The summed E-state index contributed by atoms with van der Waals surface area (Å²) in [7, 11) is -3.86. The van der Waals surface area contributed by atoms with Crippen LogP contribution in [0.3, 0.4) is 0 Å². The molecule has 0 saturated heterocycles. The molecule has 0 bridgehead atoms. The molecular weight excluding hydrogens is 423 g/mol. The number of rotatable bonds is 7. The fourth-order valence-corrected chi connectivity index (χ4v) is 4.04. The second-order valence-corrected chi connectivity index (χ2v) is 8.47. The van der Waals surface area contributed by atoms with Crippen LogP contribution in [0.15, 0.2) is 77.7 Å². The zero-order valence-corrected chi connectivity index (χ0v) is 17.2. The van der Waals surface area contributed by atoms with E-state index in [1.165, 1.54) is 48.5 Å². The van der Waals surface area contributed by atoms with Gasteiger partial charge in [-0.1, -0.05) is 12.1 Å². The summed E-state index contributed by atoms with van der Waals surface area (Å²) in [6.45, 7) is 1.66. The number of carbonyl (C=O) groups excluding carboxylic acids is 1. The van der Waals surface area contributed by atoms with Crippen LogP contribution >= 0.6 is 0 Å². The molecule has 0 aliphatic rings. The molecular formula is C22H19FN2O5S. The van der Waals surface area contributed by atoms with Crippen molar-refractivity contribution in [2.45, 2.75) is 17.9 Å². The Balaban J connectivity index is 1.66. The third kappa shape index (κ3) is 5.53.